The molecule has 3 aromatic heterocycles. The van der Waals surface area contributed by atoms with E-state index in [2.05, 4.69) is 57.6 Å². The molecule has 0 aromatic carbocycles. The SMILES string of the molecule is C=CCn1nc(Cn2nccn2)nc1-c1cnc(C(C)(C)C)[nH]1. The molecule has 8 nitrogen and oxygen atoms in total. The minimum absolute atomic E-state index is 0.0522. The van der Waals surface area contributed by atoms with Gasteiger partial charge in [-0.2, -0.15) is 20.1 Å². The lowest BCUT2D eigenvalue weighted by atomic mass is 9.96. The molecule has 3 heterocycles. The zero-order valence-corrected chi connectivity index (χ0v) is 13.6. The first-order valence-electron chi connectivity index (χ1n) is 7.42. The molecule has 0 fully saturated rings. The van der Waals surface area contributed by atoms with Gasteiger partial charge in [0.25, 0.3) is 0 Å². The number of hydrogen-bond acceptors (Lipinski definition) is 5. The van der Waals surface area contributed by atoms with Gasteiger partial charge in [-0.1, -0.05) is 26.8 Å². The number of nitrogens with zero attached hydrogens (tertiary/aromatic N) is 7. The van der Waals surface area contributed by atoms with Gasteiger partial charge in [0.15, 0.2) is 11.6 Å². The summed E-state index contributed by atoms with van der Waals surface area (Å²) in [6.45, 7) is 11.1. The third-order valence-corrected chi connectivity index (χ3v) is 3.29. The van der Waals surface area contributed by atoms with Crippen LogP contribution in [0.15, 0.2) is 31.2 Å². The van der Waals surface area contributed by atoms with Crippen LogP contribution in [-0.4, -0.2) is 39.7 Å². The fraction of sp³-hybridized carbons (Fsp3) is 0.400. The molecule has 0 bridgehead atoms. The van der Waals surface area contributed by atoms with E-state index in [1.807, 2.05) is 0 Å². The van der Waals surface area contributed by atoms with Crippen molar-refractivity contribution in [3.8, 4) is 11.5 Å². The summed E-state index contributed by atoms with van der Waals surface area (Å²) in [6.07, 6.45) is 6.84. The molecule has 0 amide bonds. The van der Waals surface area contributed by atoms with Crippen LogP contribution in [0.3, 0.4) is 0 Å². The van der Waals surface area contributed by atoms with Crippen molar-refractivity contribution in [2.45, 2.75) is 39.3 Å². The molecular formula is C15H20N8. The van der Waals surface area contributed by atoms with Gasteiger partial charge in [0.05, 0.1) is 25.1 Å². The molecule has 0 unspecified atom stereocenters. The molecular weight excluding hydrogens is 292 g/mol. The molecule has 8 heteroatoms. The molecule has 0 aliphatic heterocycles. The van der Waals surface area contributed by atoms with Crippen LogP contribution < -0.4 is 0 Å². The zero-order chi connectivity index (χ0) is 16.4. The van der Waals surface area contributed by atoms with Crippen molar-refractivity contribution in [1.29, 1.82) is 0 Å². The normalized spacial score (nSPS) is 11.8. The molecule has 0 saturated heterocycles. The predicted molar refractivity (Wildman–Crippen MR) is 85.6 cm³/mol. The molecule has 0 spiro atoms. The summed E-state index contributed by atoms with van der Waals surface area (Å²) in [5, 5.41) is 12.7. The second kappa shape index (κ2) is 5.79. The Morgan fingerprint density at radius 3 is 2.61 bits per heavy atom. The standard InChI is InChI=1S/C15H20N8/c1-5-8-22-13(11-9-16-14(19-11)15(2,3)4)20-12(21-22)10-23-17-6-7-18-23/h5-7,9H,1,8,10H2,2-4H3,(H,16,19). The Morgan fingerprint density at radius 2 is 2.00 bits per heavy atom. The summed E-state index contributed by atoms with van der Waals surface area (Å²) in [5.74, 6) is 2.29. The molecule has 0 atom stereocenters. The second-order valence-corrected chi connectivity index (χ2v) is 6.28. The average molecular weight is 312 g/mol. The number of aromatic amines is 1. The first-order valence-corrected chi connectivity index (χ1v) is 7.42. The van der Waals surface area contributed by atoms with Crippen molar-refractivity contribution in [1.82, 2.24) is 39.7 Å². The van der Waals surface area contributed by atoms with Gasteiger partial charge in [-0.3, -0.25) is 0 Å². The molecule has 0 aliphatic carbocycles. The maximum absolute atomic E-state index is 4.60. The van der Waals surface area contributed by atoms with Crippen LogP contribution in [0.4, 0.5) is 0 Å². The molecule has 3 rings (SSSR count). The van der Waals surface area contributed by atoms with Crippen molar-refractivity contribution in [2.75, 3.05) is 0 Å². The highest BCUT2D eigenvalue weighted by Crippen LogP contribution is 2.22. The van der Waals surface area contributed by atoms with Crippen molar-refractivity contribution >= 4 is 0 Å². The van der Waals surface area contributed by atoms with Crippen LogP contribution in [0.2, 0.25) is 0 Å². The largest absolute Gasteiger partial charge is 0.339 e. The molecule has 3 aromatic rings. The van der Waals surface area contributed by atoms with E-state index in [1.54, 1.807) is 34.1 Å². The molecule has 23 heavy (non-hydrogen) atoms. The van der Waals surface area contributed by atoms with Crippen molar-refractivity contribution in [2.24, 2.45) is 0 Å². The van der Waals surface area contributed by atoms with E-state index in [9.17, 15) is 0 Å². The Balaban J connectivity index is 1.95. The quantitative estimate of drug-likeness (QED) is 0.725. The van der Waals surface area contributed by atoms with E-state index < -0.39 is 0 Å². The highest BCUT2D eigenvalue weighted by Gasteiger charge is 2.20. The Labute approximate surface area is 134 Å². The van der Waals surface area contributed by atoms with Gasteiger partial charge < -0.3 is 4.98 Å². The van der Waals surface area contributed by atoms with Crippen molar-refractivity contribution in [3.05, 3.63) is 42.9 Å². The average Bonchev–Trinajstić information content (AvgIpc) is 3.18. The highest BCUT2D eigenvalue weighted by atomic mass is 15.5. The Morgan fingerprint density at radius 1 is 1.26 bits per heavy atom. The van der Waals surface area contributed by atoms with Gasteiger partial charge in [0.1, 0.15) is 18.1 Å². The van der Waals surface area contributed by atoms with E-state index >= 15 is 0 Å². The Kier molecular flexibility index (Phi) is 3.81. The lowest BCUT2D eigenvalue weighted by Gasteiger charge is -2.14. The van der Waals surface area contributed by atoms with Gasteiger partial charge in [-0.15, -0.1) is 6.58 Å². The highest BCUT2D eigenvalue weighted by molar-refractivity contribution is 5.49. The van der Waals surface area contributed by atoms with Crippen LogP contribution in [0.25, 0.3) is 11.5 Å². The van der Waals surface area contributed by atoms with E-state index in [-0.39, 0.29) is 5.41 Å². The third kappa shape index (κ3) is 3.20. The Bertz CT molecular complexity index is 788. The number of hydrogen-bond donors (Lipinski definition) is 1. The minimum Gasteiger partial charge on any atom is -0.339 e. The fourth-order valence-corrected chi connectivity index (χ4v) is 2.17. The lowest BCUT2D eigenvalue weighted by Crippen LogP contribution is -2.13. The fourth-order valence-electron chi connectivity index (χ4n) is 2.17. The number of rotatable bonds is 5. The zero-order valence-electron chi connectivity index (χ0n) is 13.6. The van der Waals surface area contributed by atoms with Crippen molar-refractivity contribution in [3.63, 3.8) is 0 Å². The number of allylic oxidation sites excluding steroid dienone is 1. The third-order valence-electron chi connectivity index (χ3n) is 3.29. The summed E-state index contributed by atoms with van der Waals surface area (Å²) in [4.78, 5) is 13.9. The summed E-state index contributed by atoms with van der Waals surface area (Å²) >= 11 is 0. The number of imidazole rings is 1. The van der Waals surface area contributed by atoms with Gasteiger partial charge in [0, 0.05) is 5.41 Å². The summed E-state index contributed by atoms with van der Waals surface area (Å²) in [5.41, 5.74) is 0.785. The van der Waals surface area contributed by atoms with Gasteiger partial charge >= 0.3 is 0 Å². The molecule has 1 N–H and O–H groups in total. The molecule has 120 valence electrons. The van der Waals surface area contributed by atoms with Crippen LogP contribution in [-0.2, 0) is 18.5 Å². The number of nitrogens with one attached hydrogen (secondary N) is 1. The minimum atomic E-state index is -0.0522. The van der Waals surface area contributed by atoms with E-state index in [1.165, 1.54) is 0 Å². The van der Waals surface area contributed by atoms with Crippen LogP contribution in [0, 0.1) is 0 Å². The van der Waals surface area contributed by atoms with E-state index in [0.29, 0.717) is 18.9 Å². The summed E-state index contributed by atoms with van der Waals surface area (Å²) in [7, 11) is 0. The topological polar surface area (TPSA) is 90.1 Å². The van der Waals surface area contributed by atoms with Gasteiger partial charge in [-0.25, -0.2) is 14.6 Å². The summed E-state index contributed by atoms with van der Waals surface area (Å²) < 4.78 is 1.80. The Hall–Kier alpha value is -2.77. The lowest BCUT2D eigenvalue weighted by molar-refractivity contribution is 0.552. The molecule has 0 saturated carbocycles. The summed E-state index contributed by atoms with van der Waals surface area (Å²) in [6, 6.07) is 0. The van der Waals surface area contributed by atoms with Crippen molar-refractivity contribution < 1.29 is 0 Å². The number of H-pyrrole nitrogens is 1. The maximum Gasteiger partial charge on any atom is 0.176 e. The molecule has 0 aliphatic rings. The van der Waals surface area contributed by atoms with Crippen LogP contribution in [0.1, 0.15) is 32.4 Å². The van der Waals surface area contributed by atoms with Crippen LogP contribution >= 0.6 is 0 Å². The smallest absolute Gasteiger partial charge is 0.176 e. The second-order valence-electron chi connectivity index (χ2n) is 6.28. The maximum atomic E-state index is 4.60. The van der Waals surface area contributed by atoms with Gasteiger partial charge in [-0.05, 0) is 0 Å². The van der Waals surface area contributed by atoms with E-state index in [4.69, 9.17) is 0 Å². The first-order chi connectivity index (χ1) is 11.0. The first kappa shape index (κ1) is 15.1. The van der Waals surface area contributed by atoms with Crippen LogP contribution in [0.5, 0.6) is 0 Å². The molecule has 0 radical (unpaired) electrons. The van der Waals surface area contributed by atoms with E-state index in [0.717, 1.165) is 17.3 Å². The monoisotopic (exact) mass is 312 g/mol. The predicted octanol–water partition coefficient (Wildman–Crippen LogP) is 1.79. The van der Waals surface area contributed by atoms with Gasteiger partial charge in [0.2, 0.25) is 0 Å². The number of aromatic nitrogens is 8.